The van der Waals surface area contributed by atoms with Crippen LogP contribution in [0.5, 0.6) is 0 Å². The lowest BCUT2D eigenvalue weighted by Crippen LogP contribution is -2.38. The van der Waals surface area contributed by atoms with E-state index in [4.69, 9.17) is 0 Å². The highest BCUT2D eigenvalue weighted by Gasteiger charge is 2.24. The van der Waals surface area contributed by atoms with Gasteiger partial charge in [-0.3, -0.25) is 19.1 Å². The van der Waals surface area contributed by atoms with Crippen LogP contribution >= 0.6 is 0 Å². The second-order valence-electron chi connectivity index (χ2n) is 8.27. The van der Waals surface area contributed by atoms with Crippen LogP contribution in [0.2, 0.25) is 0 Å². The van der Waals surface area contributed by atoms with Crippen molar-refractivity contribution in [3.05, 3.63) is 74.6 Å². The maximum atomic E-state index is 13.0. The van der Waals surface area contributed by atoms with E-state index in [1.54, 1.807) is 6.07 Å². The van der Waals surface area contributed by atoms with Crippen molar-refractivity contribution in [1.82, 2.24) is 19.4 Å². The monoisotopic (exact) mass is 420 g/mol. The van der Waals surface area contributed by atoms with Gasteiger partial charge in [0, 0.05) is 25.8 Å². The van der Waals surface area contributed by atoms with E-state index in [-0.39, 0.29) is 11.3 Å². The first-order chi connectivity index (χ1) is 15.1. The van der Waals surface area contributed by atoms with Crippen LogP contribution in [0, 0.1) is 5.92 Å². The minimum atomic E-state index is -0.505. The van der Waals surface area contributed by atoms with Gasteiger partial charge in [0.25, 0.3) is 11.5 Å². The molecule has 0 spiro atoms. The highest BCUT2D eigenvalue weighted by molar-refractivity contribution is 5.96. The summed E-state index contributed by atoms with van der Waals surface area (Å²) in [5.74, 6) is 0.508. The Morgan fingerprint density at radius 1 is 1.16 bits per heavy atom. The first-order valence-corrected chi connectivity index (χ1v) is 11.0. The summed E-state index contributed by atoms with van der Waals surface area (Å²) in [4.78, 5) is 45.9. The van der Waals surface area contributed by atoms with Crippen LogP contribution in [0.3, 0.4) is 0 Å². The lowest BCUT2D eigenvalue weighted by molar-refractivity contribution is 0.0686. The number of hydrogen-bond donors (Lipinski definition) is 1. The van der Waals surface area contributed by atoms with Gasteiger partial charge >= 0.3 is 5.69 Å². The lowest BCUT2D eigenvalue weighted by Gasteiger charge is -2.32. The first-order valence-electron chi connectivity index (χ1n) is 11.0. The average molecular weight is 421 g/mol. The van der Waals surface area contributed by atoms with Gasteiger partial charge in [-0.1, -0.05) is 37.3 Å². The lowest BCUT2D eigenvalue weighted by atomic mass is 9.90. The summed E-state index contributed by atoms with van der Waals surface area (Å²) in [5, 5.41) is 0.275. The minimum absolute atomic E-state index is 0.108. The molecule has 0 aliphatic carbocycles. The molecule has 0 saturated carbocycles. The van der Waals surface area contributed by atoms with Crippen LogP contribution < -0.4 is 11.2 Å². The Balaban J connectivity index is 1.44. The van der Waals surface area contributed by atoms with Gasteiger partial charge in [-0.25, -0.2) is 9.78 Å². The van der Waals surface area contributed by atoms with Crippen LogP contribution in [0.1, 0.15) is 48.5 Å². The number of carbonyl (C=O) groups excluding carboxylic acids is 1. The van der Waals surface area contributed by atoms with Gasteiger partial charge in [0.15, 0.2) is 0 Å². The molecule has 7 heteroatoms. The number of nitrogens with zero attached hydrogens (tertiary/aromatic N) is 3. The van der Waals surface area contributed by atoms with Gasteiger partial charge in [-0.15, -0.1) is 0 Å². The molecule has 3 aromatic rings. The van der Waals surface area contributed by atoms with Crippen molar-refractivity contribution in [2.75, 3.05) is 13.1 Å². The molecular formula is C24H28N4O3. The predicted molar refractivity (Wildman–Crippen MR) is 120 cm³/mol. The van der Waals surface area contributed by atoms with Crippen molar-refractivity contribution in [1.29, 1.82) is 0 Å². The zero-order chi connectivity index (χ0) is 21.8. The second kappa shape index (κ2) is 9.29. The van der Waals surface area contributed by atoms with E-state index in [0.29, 0.717) is 36.8 Å². The van der Waals surface area contributed by atoms with Crippen molar-refractivity contribution in [3.8, 4) is 0 Å². The van der Waals surface area contributed by atoms with E-state index in [9.17, 15) is 14.4 Å². The normalized spacial score (nSPS) is 14.8. The highest BCUT2D eigenvalue weighted by Crippen LogP contribution is 2.24. The molecule has 162 valence electrons. The summed E-state index contributed by atoms with van der Waals surface area (Å²) in [7, 11) is 0. The third-order valence-corrected chi connectivity index (χ3v) is 6.11. The van der Waals surface area contributed by atoms with Gasteiger partial charge in [0.1, 0.15) is 5.65 Å². The Morgan fingerprint density at radius 2 is 1.90 bits per heavy atom. The largest absolute Gasteiger partial charge is 0.339 e. The molecule has 0 unspecified atom stereocenters. The van der Waals surface area contributed by atoms with Gasteiger partial charge in [-0.2, -0.15) is 0 Å². The number of fused-ring (bicyclic) bond motifs is 1. The van der Waals surface area contributed by atoms with Crippen molar-refractivity contribution >= 4 is 16.9 Å². The number of rotatable bonds is 6. The summed E-state index contributed by atoms with van der Waals surface area (Å²) in [5.41, 5.74) is 1.10. The molecule has 1 amide bonds. The molecule has 1 aromatic carbocycles. The van der Waals surface area contributed by atoms with Gasteiger partial charge in [0.2, 0.25) is 0 Å². The van der Waals surface area contributed by atoms with Crippen LogP contribution in [-0.2, 0) is 13.0 Å². The molecule has 0 radical (unpaired) electrons. The number of aromatic nitrogens is 3. The third-order valence-electron chi connectivity index (χ3n) is 6.11. The van der Waals surface area contributed by atoms with Crippen molar-refractivity contribution < 1.29 is 4.79 Å². The molecule has 0 bridgehead atoms. The Kier molecular flexibility index (Phi) is 6.30. The molecule has 31 heavy (non-hydrogen) atoms. The Morgan fingerprint density at radius 3 is 2.61 bits per heavy atom. The number of nitrogens with one attached hydrogen (secondary N) is 1. The number of amides is 1. The summed E-state index contributed by atoms with van der Waals surface area (Å²) in [6.07, 6.45) is 6.39. The maximum Gasteiger partial charge on any atom is 0.329 e. The van der Waals surface area contributed by atoms with Crippen molar-refractivity contribution in [2.24, 2.45) is 5.92 Å². The van der Waals surface area contributed by atoms with E-state index in [1.165, 1.54) is 16.3 Å². The molecule has 1 fully saturated rings. The number of pyridine rings is 1. The number of benzene rings is 1. The molecule has 2 aromatic heterocycles. The van der Waals surface area contributed by atoms with E-state index in [1.807, 2.05) is 17.9 Å². The predicted octanol–water partition coefficient (Wildman–Crippen LogP) is 2.98. The number of aromatic amines is 1. The van der Waals surface area contributed by atoms with Crippen molar-refractivity contribution in [2.45, 2.75) is 45.6 Å². The van der Waals surface area contributed by atoms with E-state index in [2.05, 4.69) is 34.2 Å². The van der Waals surface area contributed by atoms with Crippen LogP contribution in [-0.4, -0.2) is 38.4 Å². The smallest absolute Gasteiger partial charge is 0.329 e. The number of carbonyl (C=O) groups is 1. The summed E-state index contributed by atoms with van der Waals surface area (Å²) < 4.78 is 1.45. The van der Waals surface area contributed by atoms with Crippen molar-refractivity contribution in [3.63, 3.8) is 0 Å². The average Bonchev–Trinajstić information content (AvgIpc) is 2.81. The number of likely N-dealkylation sites (tertiary alicyclic amines) is 1. The number of hydrogen-bond acceptors (Lipinski definition) is 4. The molecule has 0 atom stereocenters. The summed E-state index contributed by atoms with van der Waals surface area (Å²) in [6.45, 7) is 3.83. The molecular weight excluding hydrogens is 392 g/mol. The molecule has 4 rings (SSSR count). The molecule has 1 N–H and O–H groups in total. The molecule has 1 aliphatic rings. The fourth-order valence-corrected chi connectivity index (χ4v) is 4.34. The SMILES string of the molecule is CCCn1c(=O)[nH]c(=O)c2cc(C(=O)N3CCC(CCc4ccccc4)CC3)cnc21. The summed E-state index contributed by atoms with van der Waals surface area (Å²) in [6, 6.07) is 12.1. The Labute approximate surface area is 180 Å². The van der Waals surface area contributed by atoms with Crippen LogP contribution in [0.25, 0.3) is 11.0 Å². The molecule has 1 saturated heterocycles. The van der Waals surface area contributed by atoms with E-state index in [0.717, 1.165) is 32.1 Å². The fraction of sp³-hybridized carbons (Fsp3) is 0.417. The molecule has 3 heterocycles. The quantitative estimate of drug-likeness (QED) is 0.664. The summed E-state index contributed by atoms with van der Waals surface area (Å²) >= 11 is 0. The highest BCUT2D eigenvalue weighted by atomic mass is 16.2. The molecule has 7 nitrogen and oxygen atoms in total. The van der Waals surface area contributed by atoms with Gasteiger partial charge in [-0.05, 0) is 49.7 Å². The maximum absolute atomic E-state index is 13.0. The number of aryl methyl sites for hydroxylation is 2. The van der Waals surface area contributed by atoms with E-state index < -0.39 is 11.2 Å². The van der Waals surface area contributed by atoms with E-state index >= 15 is 0 Å². The number of piperidine rings is 1. The first kappa shape index (κ1) is 21.0. The minimum Gasteiger partial charge on any atom is -0.339 e. The zero-order valence-corrected chi connectivity index (χ0v) is 17.8. The number of H-pyrrole nitrogens is 1. The third kappa shape index (κ3) is 4.60. The Hall–Kier alpha value is -3.22. The van der Waals surface area contributed by atoms with Gasteiger partial charge in [0.05, 0.1) is 10.9 Å². The Bertz CT molecular complexity index is 1170. The second-order valence-corrected chi connectivity index (χ2v) is 8.27. The zero-order valence-electron chi connectivity index (χ0n) is 17.8. The fourth-order valence-electron chi connectivity index (χ4n) is 4.34. The van der Waals surface area contributed by atoms with Gasteiger partial charge < -0.3 is 4.90 Å². The van der Waals surface area contributed by atoms with Crippen LogP contribution in [0.15, 0.2) is 52.2 Å². The molecule has 1 aliphatic heterocycles. The topological polar surface area (TPSA) is 88.1 Å². The standard InChI is InChI=1S/C24H28N4O3/c1-2-12-28-21-20(22(29)26-24(28)31)15-19(16-25-21)23(30)27-13-10-18(11-14-27)9-8-17-6-4-3-5-7-17/h3-7,15-16,18H,2,8-14H2,1H3,(H,26,29,31). The van der Waals surface area contributed by atoms with Crippen LogP contribution in [0.4, 0.5) is 0 Å².